The van der Waals surface area contributed by atoms with Crippen LogP contribution in [0.5, 0.6) is 0 Å². The van der Waals surface area contributed by atoms with Gasteiger partial charge in [-0.05, 0) is 63.9 Å². The molecular formula is C22H29N3O4S. The molecule has 0 saturated heterocycles. The molecule has 1 aliphatic rings. The summed E-state index contributed by atoms with van der Waals surface area (Å²) in [5.41, 5.74) is 2.29. The number of hydrogen-bond acceptors (Lipinski definition) is 4. The molecular weight excluding hydrogens is 402 g/mol. The van der Waals surface area contributed by atoms with Crippen molar-refractivity contribution in [3.8, 4) is 0 Å². The van der Waals surface area contributed by atoms with Crippen molar-refractivity contribution in [2.45, 2.75) is 39.7 Å². The lowest BCUT2D eigenvalue weighted by molar-refractivity contribution is 0.0298. The summed E-state index contributed by atoms with van der Waals surface area (Å²) in [5, 5.41) is 0. The zero-order chi connectivity index (χ0) is 22.1. The summed E-state index contributed by atoms with van der Waals surface area (Å²) in [7, 11) is -2.12. The predicted molar refractivity (Wildman–Crippen MR) is 120 cm³/mol. The van der Waals surface area contributed by atoms with Gasteiger partial charge in [0.05, 0.1) is 17.1 Å². The van der Waals surface area contributed by atoms with Gasteiger partial charge in [-0.15, -0.1) is 0 Å². The predicted octanol–water partition coefficient (Wildman–Crippen LogP) is 4.45. The number of anilines is 3. The molecule has 0 aromatic heterocycles. The molecule has 30 heavy (non-hydrogen) atoms. The lowest BCUT2D eigenvalue weighted by atomic mass is 10.1. The Morgan fingerprint density at radius 3 is 2.37 bits per heavy atom. The van der Waals surface area contributed by atoms with E-state index in [1.165, 1.54) is 13.5 Å². The van der Waals surface area contributed by atoms with Crippen molar-refractivity contribution in [2.75, 3.05) is 28.7 Å². The van der Waals surface area contributed by atoms with E-state index < -0.39 is 21.9 Å². The van der Waals surface area contributed by atoms with Crippen LogP contribution in [-0.2, 0) is 14.9 Å². The number of ether oxygens (including phenoxy) is 1. The molecule has 162 valence electrons. The van der Waals surface area contributed by atoms with E-state index >= 15 is 0 Å². The van der Waals surface area contributed by atoms with Crippen LogP contribution in [0.1, 0.15) is 32.8 Å². The molecule has 2 aromatic rings. The van der Waals surface area contributed by atoms with Crippen molar-refractivity contribution in [2.24, 2.45) is 0 Å². The molecule has 0 aliphatic carbocycles. The average molecular weight is 432 g/mol. The average Bonchev–Trinajstić information content (AvgIpc) is 2.86. The van der Waals surface area contributed by atoms with Crippen molar-refractivity contribution in [3.05, 3.63) is 54.1 Å². The van der Waals surface area contributed by atoms with Crippen LogP contribution in [0, 0.1) is 6.92 Å². The van der Waals surface area contributed by atoms with Crippen molar-refractivity contribution in [3.63, 3.8) is 0 Å². The topological polar surface area (TPSA) is 70.2 Å². The molecule has 0 spiro atoms. The van der Waals surface area contributed by atoms with E-state index in [1.54, 1.807) is 19.2 Å². The number of amides is 1. The Hall–Kier alpha value is -2.74. The molecule has 0 saturated carbocycles. The number of benzene rings is 2. The van der Waals surface area contributed by atoms with Crippen molar-refractivity contribution < 1.29 is 17.9 Å². The van der Waals surface area contributed by atoms with Gasteiger partial charge in [0, 0.05) is 20.1 Å². The molecule has 0 atom stereocenters. The molecule has 8 heteroatoms. The Balaban J connectivity index is 1.80. The second-order valence-corrected chi connectivity index (χ2v) is 10.1. The van der Waals surface area contributed by atoms with Gasteiger partial charge in [-0.3, -0.25) is 4.31 Å². The lowest BCUT2D eigenvalue weighted by Crippen LogP contribution is -2.38. The molecule has 0 radical (unpaired) electrons. The minimum absolute atomic E-state index is 0.259. The summed E-state index contributed by atoms with van der Waals surface area (Å²) in [5.74, 6) is 0. The Labute approximate surface area is 179 Å². The summed E-state index contributed by atoms with van der Waals surface area (Å²) < 4.78 is 35.0. The molecule has 3 rings (SSSR count). The minimum atomic E-state index is -3.77. The van der Waals surface area contributed by atoms with E-state index in [4.69, 9.17) is 4.74 Å². The first kappa shape index (κ1) is 22.0. The lowest BCUT2D eigenvalue weighted by Gasteiger charge is -2.25. The molecule has 0 fully saturated rings. The van der Waals surface area contributed by atoms with E-state index in [2.05, 4.69) is 0 Å². The Bertz CT molecular complexity index is 1020. The third kappa shape index (κ3) is 4.53. The largest absolute Gasteiger partial charge is 0.444 e. The van der Waals surface area contributed by atoms with Crippen LogP contribution in [0.15, 0.2) is 48.5 Å². The van der Waals surface area contributed by atoms with Gasteiger partial charge >= 0.3 is 16.3 Å². The standard InChI is InChI=1S/C22H29N3O4S/c1-17-12-13-19-20(16-17)25(18-10-7-6-8-11-18)30(27,28)24(19)15-9-14-23(5)21(26)29-22(2,3)4/h6-8,10-13,16H,9,14-15H2,1-5H3. The summed E-state index contributed by atoms with van der Waals surface area (Å²) >= 11 is 0. The summed E-state index contributed by atoms with van der Waals surface area (Å²) in [4.78, 5) is 13.6. The van der Waals surface area contributed by atoms with Gasteiger partial charge < -0.3 is 9.64 Å². The Morgan fingerprint density at radius 1 is 1.07 bits per heavy atom. The fourth-order valence-corrected chi connectivity index (χ4v) is 5.05. The molecule has 1 aliphatic heterocycles. The SMILES string of the molecule is Cc1ccc2c(c1)N(c1ccccc1)S(=O)(=O)N2CCCN(C)C(=O)OC(C)(C)C. The zero-order valence-electron chi connectivity index (χ0n) is 18.1. The quantitative estimate of drug-likeness (QED) is 0.701. The first-order chi connectivity index (χ1) is 14.0. The summed E-state index contributed by atoms with van der Waals surface area (Å²) in [6, 6.07) is 14.7. The molecule has 2 aromatic carbocycles. The van der Waals surface area contributed by atoms with Crippen LogP contribution in [-0.4, -0.2) is 45.1 Å². The van der Waals surface area contributed by atoms with E-state index in [0.29, 0.717) is 30.0 Å². The van der Waals surface area contributed by atoms with Gasteiger partial charge in [0.15, 0.2) is 0 Å². The van der Waals surface area contributed by atoms with Crippen LogP contribution in [0.3, 0.4) is 0 Å². The highest BCUT2D eigenvalue weighted by Crippen LogP contribution is 2.45. The second kappa shape index (κ2) is 8.18. The number of rotatable bonds is 5. The smallest absolute Gasteiger partial charge is 0.410 e. The number of fused-ring (bicyclic) bond motifs is 1. The van der Waals surface area contributed by atoms with Gasteiger partial charge in [-0.25, -0.2) is 9.10 Å². The number of aryl methyl sites for hydroxylation is 1. The molecule has 0 bridgehead atoms. The van der Waals surface area contributed by atoms with Crippen LogP contribution in [0.4, 0.5) is 21.9 Å². The normalized spacial score (nSPS) is 15.1. The maximum absolute atomic E-state index is 13.4. The van der Waals surface area contributed by atoms with E-state index in [1.807, 2.05) is 64.1 Å². The molecule has 0 unspecified atom stereocenters. The third-order valence-electron chi connectivity index (χ3n) is 4.68. The second-order valence-electron chi connectivity index (χ2n) is 8.43. The van der Waals surface area contributed by atoms with Crippen molar-refractivity contribution >= 4 is 33.4 Å². The number of carbonyl (C=O) groups is 1. The van der Waals surface area contributed by atoms with Gasteiger partial charge in [-0.2, -0.15) is 8.42 Å². The van der Waals surface area contributed by atoms with Gasteiger partial charge in [0.2, 0.25) is 0 Å². The molecule has 7 nitrogen and oxygen atoms in total. The third-order valence-corrected chi connectivity index (χ3v) is 6.48. The van der Waals surface area contributed by atoms with Gasteiger partial charge in [-0.1, -0.05) is 24.3 Å². The Kier molecular flexibility index (Phi) is 5.99. The molecule has 0 N–H and O–H groups in total. The first-order valence-electron chi connectivity index (χ1n) is 9.93. The fourth-order valence-electron chi connectivity index (χ4n) is 3.31. The number of para-hydroxylation sites is 1. The molecule has 1 amide bonds. The van der Waals surface area contributed by atoms with Crippen LogP contribution in [0.25, 0.3) is 0 Å². The summed E-state index contributed by atoms with van der Waals surface area (Å²) in [6.07, 6.45) is 0.0546. The maximum atomic E-state index is 13.4. The molecule has 1 heterocycles. The van der Waals surface area contributed by atoms with Crippen LogP contribution in [0.2, 0.25) is 0 Å². The number of hydrogen-bond donors (Lipinski definition) is 0. The number of carbonyl (C=O) groups excluding carboxylic acids is 1. The van der Waals surface area contributed by atoms with Crippen LogP contribution < -0.4 is 8.61 Å². The minimum Gasteiger partial charge on any atom is -0.444 e. The highest BCUT2D eigenvalue weighted by molar-refractivity contribution is 7.95. The first-order valence-corrected chi connectivity index (χ1v) is 11.3. The Morgan fingerprint density at radius 2 is 1.73 bits per heavy atom. The van der Waals surface area contributed by atoms with Gasteiger partial charge in [0.25, 0.3) is 0 Å². The highest BCUT2D eigenvalue weighted by Gasteiger charge is 2.41. The van der Waals surface area contributed by atoms with E-state index in [9.17, 15) is 13.2 Å². The fraction of sp³-hybridized carbons (Fsp3) is 0.409. The van der Waals surface area contributed by atoms with Gasteiger partial charge in [0.1, 0.15) is 5.60 Å². The van der Waals surface area contributed by atoms with Crippen molar-refractivity contribution in [1.82, 2.24) is 4.90 Å². The highest BCUT2D eigenvalue weighted by atomic mass is 32.2. The van der Waals surface area contributed by atoms with E-state index in [0.717, 1.165) is 5.56 Å². The van der Waals surface area contributed by atoms with Crippen molar-refractivity contribution in [1.29, 1.82) is 0 Å². The van der Waals surface area contributed by atoms with Crippen LogP contribution >= 0.6 is 0 Å². The maximum Gasteiger partial charge on any atom is 0.410 e. The monoisotopic (exact) mass is 431 g/mol. The van der Waals surface area contributed by atoms with E-state index in [-0.39, 0.29) is 6.54 Å². The number of nitrogens with zero attached hydrogens (tertiary/aromatic N) is 3. The summed E-state index contributed by atoms with van der Waals surface area (Å²) in [6.45, 7) is 8.02. The zero-order valence-corrected chi connectivity index (χ0v) is 18.9.